The first-order chi connectivity index (χ1) is 6.73. The highest BCUT2D eigenvalue weighted by molar-refractivity contribution is 7.92. The lowest BCUT2D eigenvalue weighted by atomic mass is 9.95. The van der Waals surface area contributed by atoms with Gasteiger partial charge in [0, 0.05) is 5.41 Å². The number of hydrogen-bond donors (Lipinski definition) is 1. The number of amidine groups is 1. The van der Waals surface area contributed by atoms with Gasteiger partial charge in [-0.25, -0.2) is 8.42 Å². The number of rotatable bonds is 2. The molecule has 0 bridgehead atoms. The van der Waals surface area contributed by atoms with Crippen molar-refractivity contribution >= 4 is 15.7 Å². The van der Waals surface area contributed by atoms with E-state index in [4.69, 9.17) is 5.73 Å². The monoisotopic (exact) mass is 232 g/mol. The van der Waals surface area contributed by atoms with Crippen LogP contribution in [0.3, 0.4) is 0 Å². The van der Waals surface area contributed by atoms with E-state index in [2.05, 4.69) is 4.99 Å². The molecule has 1 heterocycles. The van der Waals surface area contributed by atoms with Crippen LogP contribution in [-0.2, 0) is 9.84 Å². The molecule has 0 aromatic carbocycles. The first-order valence-corrected chi connectivity index (χ1v) is 6.97. The van der Waals surface area contributed by atoms with E-state index in [1.807, 2.05) is 20.8 Å². The Labute approximate surface area is 91.9 Å². The Bertz CT molecular complexity index is 352. The van der Waals surface area contributed by atoms with E-state index in [0.717, 1.165) is 12.8 Å². The minimum atomic E-state index is -2.89. The lowest BCUT2D eigenvalue weighted by molar-refractivity contribution is 0.575. The van der Waals surface area contributed by atoms with Gasteiger partial charge in [0.1, 0.15) is 0 Å². The number of hydrogen-bond acceptors (Lipinski definition) is 3. The third-order valence-electron chi connectivity index (χ3n) is 2.70. The quantitative estimate of drug-likeness (QED) is 0.569. The zero-order chi connectivity index (χ0) is 11.7. The van der Waals surface area contributed by atoms with Gasteiger partial charge in [-0.1, -0.05) is 20.8 Å². The van der Waals surface area contributed by atoms with Gasteiger partial charge in [-0.3, -0.25) is 4.99 Å². The summed E-state index contributed by atoms with van der Waals surface area (Å²) in [6.45, 7) is 6.23. The molecule has 5 heteroatoms. The number of aliphatic imine (C=N–C) groups is 1. The summed E-state index contributed by atoms with van der Waals surface area (Å²) in [4.78, 5) is 4.19. The molecule has 0 spiro atoms. The van der Waals surface area contributed by atoms with E-state index in [-0.39, 0.29) is 10.7 Å². The third-order valence-corrected chi connectivity index (χ3v) is 4.95. The summed E-state index contributed by atoms with van der Waals surface area (Å²) in [6, 6.07) is 0. The molecule has 1 atom stereocenters. The molecule has 0 aromatic heterocycles. The van der Waals surface area contributed by atoms with Crippen LogP contribution in [0.25, 0.3) is 0 Å². The van der Waals surface area contributed by atoms with Gasteiger partial charge in [-0.15, -0.1) is 0 Å². The molecule has 4 nitrogen and oxygen atoms in total. The van der Waals surface area contributed by atoms with E-state index in [0.29, 0.717) is 18.1 Å². The topological polar surface area (TPSA) is 72.5 Å². The average Bonchev–Trinajstić information content (AvgIpc) is 2.39. The van der Waals surface area contributed by atoms with Gasteiger partial charge < -0.3 is 5.73 Å². The van der Waals surface area contributed by atoms with Crippen molar-refractivity contribution in [2.45, 2.75) is 38.9 Å². The average molecular weight is 232 g/mol. The molecule has 88 valence electrons. The van der Waals surface area contributed by atoms with Crippen molar-refractivity contribution in [1.82, 2.24) is 0 Å². The highest BCUT2D eigenvalue weighted by Crippen LogP contribution is 2.21. The van der Waals surface area contributed by atoms with Crippen LogP contribution in [0.4, 0.5) is 0 Å². The second-order valence-electron chi connectivity index (χ2n) is 5.11. The van der Waals surface area contributed by atoms with Crippen LogP contribution in [0.15, 0.2) is 4.99 Å². The molecule has 15 heavy (non-hydrogen) atoms. The van der Waals surface area contributed by atoms with E-state index in [9.17, 15) is 8.42 Å². The Morgan fingerprint density at radius 1 is 1.47 bits per heavy atom. The summed E-state index contributed by atoms with van der Waals surface area (Å²) in [5.74, 6) is 0.840. The second-order valence-corrected chi connectivity index (χ2v) is 7.51. The first-order valence-electron chi connectivity index (χ1n) is 5.25. The maximum Gasteiger partial charge on any atom is 0.154 e. The molecule has 1 aliphatic heterocycles. The number of sulfone groups is 1. The predicted octanol–water partition coefficient (Wildman–Crippen LogP) is 0.967. The SMILES string of the molecule is CC(C)(C)C(N)=NCC1CCCS1(=O)=O. The van der Waals surface area contributed by atoms with Crippen molar-refractivity contribution in [3.63, 3.8) is 0 Å². The summed E-state index contributed by atoms with van der Waals surface area (Å²) >= 11 is 0. The lowest BCUT2D eigenvalue weighted by Crippen LogP contribution is -2.31. The minimum absolute atomic E-state index is 0.178. The predicted molar refractivity (Wildman–Crippen MR) is 62.8 cm³/mol. The van der Waals surface area contributed by atoms with Crippen molar-refractivity contribution < 1.29 is 8.42 Å². The van der Waals surface area contributed by atoms with Crippen molar-refractivity contribution in [3.05, 3.63) is 0 Å². The van der Waals surface area contributed by atoms with Crippen molar-refractivity contribution in [3.8, 4) is 0 Å². The van der Waals surface area contributed by atoms with Crippen LogP contribution in [0.2, 0.25) is 0 Å². The van der Waals surface area contributed by atoms with E-state index in [1.165, 1.54) is 0 Å². The van der Waals surface area contributed by atoms with Gasteiger partial charge in [0.05, 0.1) is 23.4 Å². The molecule has 1 aliphatic rings. The molecule has 1 fully saturated rings. The highest BCUT2D eigenvalue weighted by Gasteiger charge is 2.31. The fourth-order valence-electron chi connectivity index (χ4n) is 1.50. The van der Waals surface area contributed by atoms with Gasteiger partial charge in [0.15, 0.2) is 9.84 Å². The molecule has 0 radical (unpaired) electrons. The van der Waals surface area contributed by atoms with Crippen LogP contribution in [0.1, 0.15) is 33.6 Å². The highest BCUT2D eigenvalue weighted by atomic mass is 32.2. The van der Waals surface area contributed by atoms with Crippen LogP contribution in [0, 0.1) is 5.41 Å². The van der Waals surface area contributed by atoms with Crippen LogP contribution < -0.4 is 5.73 Å². The molecule has 2 N–H and O–H groups in total. The molecule has 0 amide bonds. The molecule has 1 unspecified atom stereocenters. The summed E-state index contributed by atoms with van der Waals surface area (Å²) < 4.78 is 23.0. The smallest absolute Gasteiger partial charge is 0.154 e. The van der Waals surface area contributed by atoms with Crippen LogP contribution in [-0.4, -0.2) is 31.8 Å². The summed E-state index contributed by atoms with van der Waals surface area (Å²) in [5, 5.41) is -0.307. The summed E-state index contributed by atoms with van der Waals surface area (Å²) in [5.41, 5.74) is 5.59. The Morgan fingerprint density at radius 2 is 2.07 bits per heavy atom. The molecule has 1 rings (SSSR count). The van der Waals surface area contributed by atoms with E-state index >= 15 is 0 Å². The third kappa shape index (κ3) is 3.19. The maximum atomic E-state index is 11.5. The maximum absolute atomic E-state index is 11.5. The van der Waals surface area contributed by atoms with Gasteiger partial charge in [-0.05, 0) is 12.8 Å². The lowest BCUT2D eigenvalue weighted by Gasteiger charge is -2.18. The fourth-order valence-corrected chi connectivity index (χ4v) is 3.23. The van der Waals surface area contributed by atoms with E-state index < -0.39 is 9.84 Å². The van der Waals surface area contributed by atoms with Crippen LogP contribution in [0.5, 0.6) is 0 Å². The second kappa shape index (κ2) is 4.12. The van der Waals surface area contributed by atoms with Crippen molar-refractivity contribution in [2.24, 2.45) is 16.1 Å². The normalized spacial score (nSPS) is 26.9. The van der Waals surface area contributed by atoms with Crippen LogP contribution >= 0.6 is 0 Å². The molecule has 0 aliphatic carbocycles. The first kappa shape index (κ1) is 12.5. The van der Waals surface area contributed by atoms with Gasteiger partial charge >= 0.3 is 0 Å². The summed E-state index contributed by atoms with van der Waals surface area (Å²) in [7, 11) is -2.89. The Hall–Kier alpha value is -0.580. The molecule has 1 saturated heterocycles. The minimum Gasteiger partial charge on any atom is -0.387 e. The van der Waals surface area contributed by atoms with Crippen molar-refractivity contribution in [2.75, 3.05) is 12.3 Å². The Kier molecular flexibility index (Phi) is 3.43. The fraction of sp³-hybridized carbons (Fsp3) is 0.900. The number of nitrogens with two attached hydrogens (primary N) is 1. The Balaban J connectivity index is 2.65. The molecule has 0 saturated carbocycles. The van der Waals surface area contributed by atoms with E-state index in [1.54, 1.807) is 0 Å². The Morgan fingerprint density at radius 3 is 2.47 bits per heavy atom. The molecular formula is C10H20N2O2S. The zero-order valence-corrected chi connectivity index (χ0v) is 10.5. The molecule has 0 aromatic rings. The number of nitrogens with zero attached hydrogens (tertiary/aromatic N) is 1. The largest absolute Gasteiger partial charge is 0.387 e. The van der Waals surface area contributed by atoms with Gasteiger partial charge in [0.25, 0.3) is 0 Å². The standard InChI is InChI=1S/C10H20N2O2S/c1-10(2,3)9(11)12-7-8-5-4-6-15(8,13)14/h8H,4-7H2,1-3H3,(H2,11,12). The van der Waals surface area contributed by atoms with Crippen molar-refractivity contribution in [1.29, 1.82) is 0 Å². The van der Waals surface area contributed by atoms with Gasteiger partial charge in [0.2, 0.25) is 0 Å². The zero-order valence-electron chi connectivity index (χ0n) is 9.66. The summed E-state index contributed by atoms with van der Waals surface area (Å²) in [6.07, 6.45) is 1.49. The molecular weight excluding hydrogens is 212 g/mol. The van der Waals surface area contributed by atoms with Gasteiger partial charge in [-0.2, -0.15) is 0 Å².